The fourth-order valence-corrected chi connectivity index (χ4v) is 1.60. The second kappa shape index (κ2) is 11.8. The van der Waals surface area contributed by atoms with Gasteiger partial charge in [0.2, 0.25) is 0 Å². The number of benzene rings is 1. The molecule has 0 aromatic heterocycles. The van der Waals surface area contributed by atoms with Crippen LogP contribution in [-0.4, -0.2) is 31.3 Å². The molecule has 1 rings (SSSR count). The van der Waals surface area contributed by atoms with Crippen LogP contribution in [0.25, 0.3) is 0 Å². The minimum atomic E-state index is -0.735. The first-order chi connectivity index (χ1) is 10.2. The van der Waals surface area contributed by atoms with E-state index < -0.39 is 18.1 Å². The summed E-state index contributed by atoms with van der Waals surface area (Å²) < 4.78 is 9.73. The van der Waals surface area contributed by atoms with E-state index in [-0.39, 0.29) is 13.2 Å². The van der Waals surface area contributed by atoms with Crippen molar-refractivity contribution in [1.29, 1.82) is 0 Å². The summed E-state index contributed by atoms with van der Waals surface area (Å²) in [6.45, 7) is 7.96. The van der Waals surface area contributed by atoms with Crippen molar-refractivity contribution in [2.24, 2.45) is 0 Å². The lowest BCUT2D eigenvalue weighted by Gasteiger charge is -2.17. The molecule has 1 N–H and O–H groups in total. The molecule has 1 aromatic carbocycles. The summed E-state index contributed by atoms with van der Waals surface area (Å²) in [5.74, 6) is -0.459. The normalized spacial score (nSPS) is 10.7. The van der Waals surface area contributed by atoms with Gasteiger partial charge in [0.05, 0.1) is 13.2 Å². The Hall–Kier alpha value is -2.04. The van der Waals surface area contributed by atoms with Crippen molar-refractivity contribution in [2.45, 2.75) is 40.2 Å². The largest absolute Gasteiger partial charge is 0.464 e. The Morgan fingerprint density at radius 1 is 1.05 bits per heavy atom. The number of carbonyl (C=O) groups excluding carboxylic acids is 2. The van der Waals surface area contributed by atoms with Gasteiger partial charge in [0.1, 0.15) is 6.04 Å². The number of carbonyl (C=O) groups is 2. The van der Waals surface area contributed by atoms with E-state index in [2.05, 4.69) is 5.32 Å². The Bertz CT molecular complexity index is 406. The van der Waals surface area contributed by atoms with E-state index in [0.29, 0.717) is 6.42 Å². The number of nitrogens with one attached hydrogen (secondary N) is 1. The van der Waals surface area contributed by atoms with Gasteiger partial charge in [-0.3, -0.25) is 0 Å². The third kappa shape index (κ3) is 7.97. The highest BCUT2D eigenvalue weighted by molar-refractivity contribution is 5.81. The predicted octanol–water partition coefficient (Wildman–Crippen LogP) is 2.93. The fraction of sp³-hybridized carbons (Fsp3) is 0.500. The molecule has 0 aliphatic carbocycles. The summed E-state index contributed by atoms with van der Waals surface area (Å²) in [6, 6.07) is 8.69. The minimum absolute atomic E-state index is 0.257. The zero-order valence-corrected chi connectivity index (χ0v) is 13.2. The van der Waals surface area contributed by atoms with Crippen molar-refractivity contribution in [3.05, 3.63) is 35.9 Å². The average Bonchev–Trinajstić information content (AvgIpc) is 2.50. The van der Waals surface area contributed by atoms with Crippen molar-refractivity contribution >= 4 is 12.1 Å². The van der Waals surface area contributed by atoms with Gasteiger partial charge in [0.25, 0.3) is 0 Å². The lowest BCUT2D eigenvalue weighted by Crippen LogP contribution is -2.43. The summed E-state index contributed by atoms with van der Waals surface area (Å²) in [5.41, 5.74) is 0.942. The van der Waals surface area contributed by atoms with Gasteiger partial charge in [-0.15, -0.1) is 0 Å². The van der Waals surface area contributed by atoms with Crippen LogP contribution in [0.2, 0.25) is 0 Å². The molecule has 1 atom stereocenters. The van der Waals surface area contributed by atoms with Gasteiger partial charge in [-0.05, 0) is 19.4 Å². The molecule has 5 heteroatoms. The van der Waals surface area contributed by atoms with Crippen LogP contribution in [0.3, 0.4) is 0 Å². The Kier molecular flexibility index (Phi) is 10.6. The van der Waals surface area contributed by atoms with Gasteiger partial charge in [-0.2, -0.15) is 0 Å². The van der Waals surface area contributed by atoms with Crippen LogP contribution < -0.4 is 5.32 Å². The highest BCUT2D eigenvalue weighted by Gasteiger charge is 2.22. The standard InChI is InChI=1S/C14H19NO4.C2H6/c1-3-18-13(16)12(15-14(17)19-4-2)10-11-8-6-5-7-9-11;1-2/h5-9,12H,3-4,10H2,1-2H3,(H,15,17);1-2H3. The molecule has 1 aromatic rings. The SMILES string of the molecule is CC.CCOC(=O)NC(Cc1ccccc1)C(=O)OCC. The fourth-order valence-electron chi connectivity index (χ4n) is 1.60. The number of alkyl carbamates (subject to hydrolysis) is 1. The van der Waals surface area contributed by atoms with Gasteiger partial charge in [0, 0.05) is 6.42 Å². The maximum absolute atomic E-state index is 11.8. The zero-order chi connectivity index (χ0) is 16.1. The van der Waals surface area contributed by atoms with E-state index in [1.165, 1.54) is 0 Å². The van der Waals surface area contributed by atoms with Crippen molar-refractivity contribution < 1.29 is 19.1 Å². The van der Waals surface area contributed by atoms with Crippen LogP contribution in [0, 0.1) is 0 Å². The molecule has 0 bridgehead atoms. The first kappa shape index (κ1) is 19.0. The van der Waals surface area contributed by atoms with Crippen molar-refractivity contribution in [3.8, 4) is 0 Å². The smallest absolute Gasteiger partial charge is 0.407 e. The number of hydrogen-bond acceptors (Lipinski definition) is 4. The molecule has 0 aliphatic heterocycles. The second-order valence-corrected chi connectivity index (χ2v) is 3.86. The second-order valence-electron chi connectivity index (χ2n) is 3.86. The lowest BCUT2D eigenvalue weighted by atomic mass is 10.1. The van der Waals surface area contributed by atoms with E-state index in [1.807, 2.05) is 44.2 Å². The van der Waals surface area contributed by atoms with Gasteiger partial charge >= 0.3 is 12.1 Å². The van der Waals surface area contributed by atoms with Crippen LogP contribution in [0.15, 0.2) is 30.3 Å². The van der Waals surface area contributed by atoms with E-state index in [1.54, 1.807) is 13.8 Å². The molecule has 0 aliphatic rings. The maximum atomic E-state index is 11.8. The van der Waals surface area contributed by atoms with Gasteiger partial charge in [-0.25, -0.2) is 9.59 Å². The predicted molar refractivity (Wildman–Crippen MR) is 82.1 cm³/mol. The molecular formula is C16H25NO4. The van der Waals surface area contributed by atoms with Crippen molar-refractivity contribution in [1.82, 2.24) is 5.32 Å². The number of hydrogen-bond donors (Lipinski definition) is 1. The topological polar surface area (TPSA) is 64.6 Å². The summed E-state index contributed by atoms with van der Waals surface area (Å²) in [6.07, 6.45) is -0.241. The van der Waals surface area contributed by atoms with Crippen molar-refractivity contribution in [2.75, 3.05) is 13.2 Å². The molecule has 21 heavy (non-hydrogen) atoms. The third-order valence-corrected chi connectivity index (χ3v) is 2.42. The summed E-state index contributed by atoms with van der Waals surface area (Å²) in [5, 5.41) is 2.52. The van der Waals surface area contributed by atoms with Gasteiger partial charge < -0.3 is 14.8 Å². The molecule has 0 radical (unpaired) electrons. The van der Waals surface area contributed by atoms with E-state index in [9.17, 15) is 9.59 Å². The molecule has 0 fully saturated rings. The Balaban J connectivity index is 0.00000191. The summed E-state index contributed by atoms with van der Waals surface area (Å²) >= 11 is 0. The quantitative estimate of drug-likeness (QED) is 0.820. The molecule has 5 nitrogen and oxygen atoms in total. The van der Waals surface area contributed by atoms with Crippen LogP contribution in [0.1, 0.15) is 33.3 Å². The average molecular weight is 295 g/mol. The minimum Gasteiger partial charge on any atom is -0.464 e. The Morgan fingerprint density at radius 3 is 2.14 bits per heavy atom. The number of rotatable bonds is 6. The zero-order valence-electron chi connectivity index (χ0n) is 13.2. The van der Waals surface area contributed by atoms with Gasteiger partial charge in [-0.1, -0.05) is 44.2 Å². The highest BCUT2D eigenvalue weighted by Crippen LogP contribution is 2.05. The van der Waals surface area contributed by atoms with Crippen LogP contribution in [0.4, 0.5) is 4.79 Å². The molecule has 118 valence electrons. The van der Waals surface area contributed by atoms with Crippen LogP contribution in [-0.2, 0) is 20.7 Å². The number of esters is 1. The molecule has 1 amide bonds. The Labute approximate surface area is 126 Å². The molecule has 0 heterocycles. The van der Waals surface area contributed by atoms with E-state index in [0.717, 1.165) is 5.56 Å². The van der Waals surface area contributed by atoms with E-state index >= 15 is 0 Å². The molecular weight excluding hydrogens is 270 g/mol. The Morgan fingerprint density at radius 2 is 1.62 bits per heavy atom. The highest BCUT2D eigenvalue weighted by atomic mass is 16.6. The monoisotopic (exact) mass is 295 g/mol. The van der Waals surface area contributed by atoms with Crippen LogP contribution >= 0.6 is 0 Å². The number of ether oxygens (including phenoxy) is 2. The van der Waals surface area contributed by atoms with Crippen molar-refractivity contribution in [3.63, 3.8) is 0 Å². The van der Waals surface area contributed by atoms with Gasteiger partial charge in [0.15, 0.2) is 0 Å². The molecule has 0 spiro atoms. The molecule has 0 saturated carbocycles. The first-order valence-electron chi connectivity index (χ1n) is 7.31. The molecule has 1 unspecified atom stereocenters. The number of amides is 1. The maximum Gasteiger partial charge on any atom is 0.407 e. The third-order valence-electron chi connectivity index (χ3n) is 2.42. The summed E-state index contributed by atoms with van der Waals surface area (Å²) in [7, 11) is 0. The lowest BCUT2D eigenvalue weighted by molar-refractivity contribution is -0.145. The van der Waals surface area contributed by atoms with Crippen LogP contribution in [0.5, 0.6) is 0 Å². The molecule has 0 saturated heterocycles. The first-order valence-corrected chi connectivity index (χ1v) is 7.31. The van der Waals surface area contributed by atoms with E-state index in [4.69, 9.17) is 9.47 Å². The summed E-state index contributed by atoms with van der Waals surface area (Å²) in [4.78, 5) is 23.2.